The van der Waals surface area contributed by atoms with Gasteiger partial charge in [-0.1, -0.05) is 25.1 Å². The summed E-state index contributed by atoms with van der Waals surface area (Å²) >= 11 is 0. The van der Waals surface area contributed by atoms with Gasteiger partial charge in [0.1, 0.15) is 5.75 Å². The number of hydrogen-bond donors (Lipinski definition) is 0. The highest BCUT2D eigenvalue weighted by molar-refractivity contribution is 5.83. The van der Waals surface area contributed by atoms with Crippen molar-refractivity contribution in [1.29, 1.82) is 5.26 Å². The summed E-state index contributed by atoms with van der Waals surface area (Å²) in [5.41, 5.74) is 3.06. The minimum absolute atomic E-state index is 0.542. The van der Waals surface area contributed by atoms with Crippen LogP contribution in [0.15, 0.2) is 42.5 Å². The number of nitriles is 1. The molecule has 100 valence electrons. The molecule has 0 radical (unpaired) electrons. The Bertz CT molecular complexity index is 639. The number of benzene rings is 2. The maximum absolute atomic E-state index is 11.2. The van der Waals surface area contributed by atoms with Crippen molar-refractivity contribution in [2.24, 2.45) is 0 Å². The third-order valence-electron chi connectivity index (χ3n) is 2.95. The van der Waals surface area contributed by atoms with E-state index in [1.807, 2.05) is 31.2 Å². The van der Waals surface area contributed by atoms with Crippen molar-refractivity contribution in [2.45, 2.75) is 13.3 Å². The van der Waals surface area contributed by atoms with Crippen molar-refractivity contribution >= 4 is 6.29 Å². The summed E-state index contributed by atoms with van der Waals surface area (Å²) in [6, 6.07) is 14.9. The first-order valence-electron chi connectivity index (χ1n) is 6.51. The Morgan fingerprint density at radius 2 is 1.85 bits per heavy atom. The van der Waals surface area contributed by atoms with Gasteiger partial charge in [-0.3, -0.25) is 4.79 Å². The Morgan fingerprint density at radius 1 is 1.15 bits per heavy atom. The molecule has 0 unspecified atom stereocenters. The first-order chi connectivity index (χ1) is 9.78. The summed E-state index contributed by atoms with van der Waals surface area (Å²) < 4.78 is 5.53. The van der Waals surface area contributed by atoms with Gasteiger partial charge in [-0.25, -0.2) is 0 Å². The molecular formula is C17H15NO2. The van der Waals surface area contributed by atoms with Crippen LogP contribution in [0.4, 0.5) is 0 Å². The first kappa shape index (κ1) is 13.8. The van der Waals surface area contributed by atoms with Crippen molar-refractivity contribution in [3.05, 3.63) is 53.6 Å². The fourth-order valence-corrected chi connectivity index (χ4v) is 1.90. The number of carbonyl (C=O) groups excluding carboxylic acids is 1. The van der Waals surface area contributed by atoms with Crippen LogP contribution in [0.1, 0.15) is 29.3 Å². The SMILES string of the molecule is CCCOc1ccc(-c2ccc(C#N)cc2)cc1C=O. The number of carbonyl (C=O) groups is 1. The summed E-state index contributed by atoms with van der Waals surface area (Å²) in [5, 5.41) is 8.79. The van der Waals surface area contributed by atoms with E-state index in [2.05, 4.69) is 6.07 Å². The summed E-state index contributed by atoms with van der Waals surface area (Å²) in [5.74, 6) is 0.610. The quantitative estimate of drug-likeness (QED) is 0.772. The zero-order valence-electron chi connectivity index (χ0n) is 11.3. The summed E-state index contributed by atoms with van der Waals surface area (Å²) in [7, 11) is 0. The second kappa shape index (κ2) is 6.53. The van der Waals surface area contributed by atoms with Gasteiger partial charge in [0.15, 0.2) is 6.29 Å². The molecule has 0 aliphatic heterocycles. The van der Waals surface area contributed by atoms with E-state index < -0.39 is 0 Å². The molecule has 2 aromatic rings. The molecule has 20 heavy (non-hydrogen) atoms. The highest BCUT2D eigenvalue weighted by Gasteiger charge is 2.06. The van der Waals surface area contributed by atoms with Crippen molar-refractivity contribution in [3.8, 4) is 22.9 Å². The smallest absolute Gasteiger partial charge is 0.153 e. The highest BCUT2D eigenvalue weighted by Crippen LogP contribution is 2.26. The lowest BCUT2D eigenvalue weighted by Gasteiger charge is -2.09. The van der Waals surface area contributed by atoms with Crippen LogP contribution < -0.4 is 4.74 Å². The largest absolute Gasteiger partial charge is 0.493 e. The Labute approximate surface area is 118 Å². The molecule has 0 spiro atoms. The number of nitrogens with zero attached hydrogens (tertiary/aromatic N) is 1. The van der Waals surface area contributed by atoms with E-state index in [1.165, 1.54) is 0 Å². The highest BCUT2D eigenvalue weighted by atomic mass is 16.5. The van der Waals surface area contributed by atoms with Gasteiger partial charge in [-0.2, -0.15) is 5.26 Å². The van der Waals surface area contributed by atoms with Crippen molar-refractivity contribution in [3.63, 3.8) is 0 Å². The third kappa shape index (κ3) is 3.04. The van der Waals surface area contributed by atoms with E-state index in [-0.39, 0.29) is 0 Å². The third-order valence-corrected chi connectivity index (χ3v) is 2.95. The van der Waals surface area contributed by atoms with E-state index in [1.54, 1.807) is 18.2 Å². The fraction of sp³-hybridized carbons (Fsp3) is 0.176. The molecule has 0 saturated carbocycles. The molecule has 0 aromatic heterocycles. The predicted octanol–water partition coefficient (Wildman–Crippen LogP) is 3.83. The summed E-state index contributed by atoms with van der Waals surface area (Å²) in [6.07, 6.45) is 1.70. The van der Waals surface area contributed by atoms with Crippen LogP contribution in [0, 0.1) is 11.3 Å². The second-order valence-corrected chi connectivity index (χ2v) is 4.41. The van der Waals surface area contributed by atoms with Crippen LogP contribution in [-0.4, -0.2) is 12.9 Å². The van der Waals surface area contributed by atoms with Gasteiger partial charge in [-0.15, -0.1) is 0 Å². The van der Waals surface area contributed by atoms with E-state index >= 15 is 0 Å². The Morgan fingerprint density at radius 3 is 2.45 bits per heavy atom. The molecular weight excluding hydrogens is 250 g/mol. The van der Waals surface area contributed by atoms with Gasteiger partial charge >= 0.3 is 0 Å². The zero-order chi connectivity index (χ0) is 14.4. The molecule has 0 N–H and O–H groups in total. The molecule has 2 aromatic carbocycles. The van der Waals surface area contributed by atoms with E-state index in [0.29, 0.717) is 23.5 Å². The molecule has 0 aliphatic carbocycles. The summed E-state index contributed by atoms with van der Waals surface area (Å²) in [4.78, 5) is 11.2. The fourth-order valence-electron chi connectivity index (χ4n) is 1.90. The van der Waals surface area contributed by atoms with Crippen LogP contribution in [0.25, 0.3) is 11.1 Å². The molecule has 0 aliphatic rings. The van der Waals surface area contributed by atoms with E-state index in [4.69, 9.17) is 10.00 Å². The monoisotopic (exact) mass is 265 g/mol. The number of ether oxygens (including phenoxy) is 1. The number of aldehydes is 1. The molecule has 2 rings (SSSR count). The second-order valence-electron chi connectivity index (χ2n) is 4.41. The van der Waals surface area contributed by atoms with Crippen LogP contribution in [-0.2, 0) is 0 Å². The molecule has 0 amide bonds. The lowest BCUT2D eigenvalue weighted by molar-refractivity contribution is 0.111. The Kier molecular flexibility index (Phi) is 4.52. The van der Waals surface area contributed by atoms with Crippen molar-refractivity contribution < 1.29 is 9.53 Å². The Balaban J connectivity index is 2.33. The summed E-state index contributed by atoms with van der Waals surface area (Å²) in [6.45, 7) is 2.61. The van der Waals surface area contributed by atoms with Crippen molar-refractivity contribution in [2.75, 3.05) is 6.61 Å². The first-order valence-corrected chi connectivity index (χ1v) is 6.51. The topological polar surface area (TPSA) is 50.1 Å². The number of rotatable bonds is 5. The molecule has 3 heteroatoms. The molecule has 3 nitrogen and oxygen atoms in total. The van der Waals surface area contributed by atoms with Gasteiger partial charge in [0, 0.05) is 0 Å². The van der Waals surface area contributed by atoms with Crippen LogP contribution in [0.5, 0.6) is 5.75 Å². The van der Waals surface area contributed by atoms with Gasteiger partial charge in [0.2, 0.25) is 0 Å². The average molecular weight is 265 g/mol. The molecule has 0 saturated heterocycles. The Hall–Kier alpha value is -2.60. The minimum atomic E-state index is 0.542. The van der Waals surface area contributed by atoms with Gasteiger partial charge in [-0.05, 0) is 41.8 Å². The normalized spacial score (nSPS) is 9.80. The lowest BCUT2D eigenvalue weighted by Crippen LogP contribution is -1.98. The molecule has 0 fully saturated rings. The average Bonchev–Trinajstić information content (AvgIpc) is 2.52. The standard InChI is InChI=1S/C17H15NO2/c1-2-9-20-17-8-7-15(10-16(17)12-19)14-5-3-13(11-18)4-6-14/h3-8,10,12H,2,9H2,1H3. The van der Waals surface area contributed by atoms with Crippen molar-refractivity contribution in [1.82, 2.24) is 0 Å². The minimum Gasteiger partial charge on any atom is -0.493 e. The molecule has 0 heterocycles. The van der Waals surface area contributed by atoms with Crippen LogP contribution in [0.3, 0.4) is 0 Å². The van der Waals surface area contributed by atoms with Crippen LogP contribution >= 0.6 is 0 Å². The maximum atomic E-state index is 11.2. The van der Waals surface area contributed by atoms with Gasteiger partial charge < -0.3 is 4.74 Å². The van der Waals surface area contributed by atoms with Gasteiger partial charge in [0.05, 0.1) is 23.8 Å². The number of hydrogen-bond acceptors (Lipinski definition) is 3. The lowest BCUT2D eigenvalue weighted by atomic mass is 10.0. The zero-order valence-corrected chi connectivity index (χ0v) is 11.3. The van der Waals surface area contributed by atoms with Crippen LogP contribution in [0.2, 0.25) is 0 Å². The predicted molar refractivity (Wildman–Crippen MR) is 77.8 cm³/mol. The van der Waals surface area contributed by atoms with E-state index in [9.17, 15) is 4.79 Å². The maximum Gasteiger partial charge on any atom is 0.153 e. The molecule has 0 atom stereocenters. The van der Waals surface area contributed by atoms with Gasteiger partial charge in [0.25, 0.3) is 0 Å². The van der Waals surface area contributed by atoms with E-state index in [0.717, 1.165) is 23.8 Å². The molecule has 0 bridgehead atoms.